The summed E-state index contributed by atoms with van der Waals surface area (Å²) < 4.78 is 1.12. The van der Waals surface area contributed by atoms with Crippen LogP contribution in [-0.4, -0.2) is 52.9 Å². The molecule has 2 aromatic carbocycles. The molecule has 0 bridgehead atoms. The molecule has 0 aromatic heterocycles. The Morgan fingerprint density at radius 1 is 1.20 bits per heavy atom. The lowest BCUT2D eigenvalue weighted by Crippen LogP contribution is -2.48. The molecule has 0 radical (unpaired) electrons. The molecule has 0 spiro atoms. The molecule has 0 saturated carbocycles. The maximum atomic E-state index is 12.3. The third-order valence-corrected chi connectivity index (χ3v) is 5.10. The van der Waals surface area contributed by atoms with Crippen molar-refractivity contribution in [3.05, 3.63) is 45.5 Å². The van der Waals surface area contributed by atoms with Crippen molar-refractivity contribution in [1.82, 2.24) is 10.2 Å². The molecule has 0 aliphatic carbocycles. The molecule has 1 heterocycles. The molecule has 1 aliphatic rings. The lowest BCUT2D eigenvalue weighted by molar-refractivity contribution is -0.130. The molecule has 130 valence electrons. The van der Waals surface area contributed by atoms with Gasteiger partial charge in [0, 0.05) is 15.7 Å². The van der Waals surface area contributed by atoms with Crippen LogP contribution < -0.4 is 5.32 Å². The highest BCUT2D eigenvalue weighted by atomic mass is 127. The maximum absolute atomic E-state index is 12.3. The molecule has 8 heteroatoms. The van der Waals surface area contributed by atoms with Crippen molar-refractivity contribution in [2.45, 2.75) is 18.8 Å². The maximum Gasteiger partial charge on any atom is 0.475 e. The zero-order valence-electron chi connectivity index (χ0n) is 13.5. The van der Waals surface area contributed by atoms with Crippen LogP contribution in [0.2, 0.25) is 0 Å². The molecular weight excluding hydrogens is 434 g/mol. The average molecular weight is 452 g/mol. The molecule has 2 aromatic rings. The number of nitrogens with zero attached hydrogens (tertiary/aromatic N) is 1. The van der Waals surface area contributed by atoms with Crippen LogP contribution in [0.15, 0.2) is 36.4 Å². The van der Waals surface area contributed by atoms with Gasteiger partial charge in [0.2, 0.25) is 5.91 Å². The number of fused-ring (bicyclic) bond motifs is 1. The van der Waals surface area contributed by atoms with Gasteiger partial charge < -0.3 is 20.3 Å². The third-order valence-electron chi connectivity index (χ3n) is 4.43. The zero-order valence-corrected chi connectivity index (χ0v) is 15.6. The van der Waals surface area contributed by atoms with Crippen molar-refractivity contribution in [1.29, 1.82) is 0 Å². The number of nitrogens with one attached hydrogen (secondary N) is 1. The van der Waals surface area contributed by atoms with E-state index >= 15 is 0 Å². The standard InChI is InChI=1S/C17H18BIN2O4/c19-14-6-5-11-8-13(4-3-12(11)9-14)17(23)20-10-16(22)21-7-1-2-15(21)18(24)25/h3-6,8-9,15,24-25H,1-2,7,10H2,(H,20,23). The van der Waals surface area contributed by atoms with Gasteiger partial charge in [-0.3, -0.25) is 9.59 Å². The molecule has 1 fully saturated rings. The Morgan fingerprint density at radius 2 is 1.92 bits per heavy atom. The second-order valence-electron chi connectivity index (χ2n) is 6.10. The Bertz CT molecular complexity index is 814. The topological polar surface area (TPSA) is 89.9 Å². The van der Waals surface area contributed by atoms with Gasteiger partial charge in [-0.15, -0.1) is 0 Å². The van der Waals surface area contributed by atoms with Crippen LogP contribution in [0.25, 0.3) is 10.8 Å². The van der Waals surface area contributed by atoms with Gasteiger partial charge in [0.15, 0.2) is 0 Å². The number of amides is 2. The predicted octanol–water partition coefficient (Wildman–Crippen LogP) is 1.18. The molecule has 2 amide bonds. The summed E-state index contributed by atoms with van der Waals surface area (Å²) in [5.41, 5.74) is 0.488. The minimum atomic E-state index is -1.55. The monoisotopic (exact) mass is 452 g/mol. The van der Waals surface area contributed by atoms with E-state index in [2.05, 4.69) is 27.9 Å². The van der Waals surface area contributed by atoms with Gasteiger partial charge in [-0.1, -0.05) is 12.1 Å². The molecule has 3 N–H and O–H groups in total. The summed E-state index contributed by atoms with van der Waals surface area (Å²) in [7, 11) is -1.55. The Kier molecular flexibility index (Phi) is 5.60. The lowest BCUT2D eigenvalue weighted by Gasteiger charge is -2.24. The molecular formula is C17H18BIN2O4. The summed E-state index contributed by atoms with van der Waals surface area (Å²) in [4.78, 5) is 26.0. The van der Waals surface area contributed by atoms with E-state index in [1.165, 1.54) is 4.90 Å². The first-order chi connectivity index (χ1) is 12.0. The number of carbonyl (C=O) groups excluding carboxylic acids is 2. The molecule has 1 atom stereocenters. The van der Waals surface area contributed by atoms with Crippen LogP contribution in [0.5, 0.6) is 0 Å². The summed E-state index contributed by atoms with van der Waals surface area (Å²) in [6.07, 6.45) is 1.28. The first-order valence-corrected chi connectivity index (χ1v) is 9.17. The van der Waals surface area contributed by atoms with Crippen molar-refractivity contribution in [3.8, 4) is 0 Å². The highest BCUT2D eigenvalue weighted by Gasteiger charge is 2.36. The van der Waals surface area contributed by atoms with Gasteiger partial charge in [0.1, 0.15) is 0 Å². The fourth-order valence-corrected chi connectivity index (χ4v) is 3.64. The van der Waals surface area contributed by atoms with Gasteiger partial charge in [0.25, 0.3) is 5.91 Å². The number of halogens is 1. The summed E-state index contributed by atoms with van der Waals surface area (Å²) in [6.45, 7) is 0.318. The van der Waals surface area contributed by atoms with Crippen LogP contribution >= 0.6 is 22.6 Å². The van der Waals surface area contributed by atoms with Crippen molar-refractivity contribution < 1.29 is 19.6 Å². The van der Waals surface area contributed by atoms with Crippen molar-refractivity contribution in [2.75, 3.05) is 13.1 Å². The highest BCUT2D eigenvalue weighted by molar-refractivity contribution is 14.1. The lowest BCUT2D eigenvalue weighted by atomic mass is 9.78. The zero-order chi connectivity index (χ0) is 18.0. The number of benzene rings is 2. The van der Waals surface area contributed by atoms with Crippen molar-refractivity contribution in [3.63, 3.8) is 0 Å². The number of carbonyl (C=O) groups is 2. The molecule has 25 heavy (non-hydrogen) atoms. The highest BCUT2D eigenvalue weighted by Crippen LogP contribution is 2.20. The predicted molar refractivity (Wildman–Crippen MR) is 104 cm³/mol. The number of rotatable bonds is 4. The summed E-state index contributed by atoms with van der Waals surface area (Å²) in [5, 5.41) is 23.3. The number of hydrogen-bond acceptors (Lipinski definition) is 4. The van der Waals surface area contributed by atoms with E-state index in [1.807, 2.05) is 24.3 Å². The van der Waals surface area contributed by atoms with E-state index in [4.69, 9.17) is 0 Å². The second-order valence-corrected chi connectivity index (χ2v) is 7.34. The first kappa shape index (κ1) is 18.2. The summed E-state index contributed by atoms with van der Waals surface area (Å²) in [6, 6.07) is 11.4. The van der Waals surface area contributed by atoms with Gasteiger partial charge >= 0.3 is 7.12 Å². The minimum absolute atomic E-state index is 0.160. The Labute approximate surface area is 159 Å². The van der Waals surface area contributed by atoms with Crippen LogP contribution in [0.4, 0.5) is 0 Å². The van der Waals surface area contributed by atoms with Crippen molar-refractivity contribution >= 4 is 52.3 Å². The molecule has 6 nitrogen and oxygen atoms in total. The number of likely N-dealkylation sites (tertiary alicyclic amines) is 1. The van der Waals surface area contributed by atoms with Gasteiger partial charge in [-0.2, -0.15) is 0 Å². The summed E-state index contributed by atoms with van der Waals surface area (Å²) in [5.74, 6) is -1.22. The van der Waals surface area contributed by atoms with E-state index in [0.717, 1.165) is 20.8 Å². The van der Waals surface area contributed by atoms with Gasteiger partial charge in [-0.05, 0) is 70.5 Å². The largest absolute Gasteiger partial charge is 0.475 e. The molecule has 1 unspecified atom stereocenters. The first-order valence-electron chi connectivity index (χ1n) is 8.09. The average Bonchev–Trinajstić information content (AvgIpc) is 3.09. The van der Waals surface area contributed by atoms with Crippen molar-refractivity contribution in [2.24, 2.45) is 0 Å². The second kappa shape index (κ2) is 7.71. The van der Waals surface area contributed by atoms with Crippen LogP contribution in [0.1, 0.15) is 23.2 Å². The van der Waals surface area contributed by atoms with E-state index in [-0.39, 0.29) is 18.4 Å². The fraction of sp³-hybridized carbons (Fsp3) is 0.294. The third kappa shape index (κ3) is 4.13. The van der Waals surface area contributed by atoms with E-state index in [9.17, 15) is 19.6 Å². The Hall–Kier alpha value is -1.65. The van der Waals surface area contributed by atoms with E-state index in [1.54, 1.807) is 12.1 Å². The van der Waals surface area contributed by atoms with Gasteiger partial charge in [-0.25, -0.2) is 0 Å². The smallest absolute Gasteiger partial charge is 0.426 e. The fourth-order valence-electron chi connectivity index (χ4n) is 3.13. The van der Waals surface area contributed by atoms with E-state index < -0.39 is 13.1 Å². The molecule has 1 aliphatic heterocycles. The summed E-state index contributed by atoms with van der Waals surface area (Å²) >= 11 is 2.24. The number of hydrogen-bond donors (Lipinski definition) is 3. The Morgan fingerprint density at radius 3 is 2.68 bits per heavy atom. The van der Waals surface area contributed by atoms with Gasteiger partial charge in [0.05, 0.1) is 12.5 Å². The molecule has 3 rings (SSSR count). The minimum Gasteiger partial charge on any atom is -0.426 e. The normalized spacial score (nSPS) is 16.9. The Balaban J connectivity index is 1.64. The molecule has 1 saturated heterocycles. The van der Waals surface area contributed by atoms with Crippen LogP contribution in [0, 0.1) is 3.57 Å². The van der Waals surface area contributed by atoms with E-state index in [0.29, 0.717) is 18.5 Å². The quantitative estimate of drug-likeness (QED) is 0.481. The van der Waals surface area contributed by atoms with Crippen LogP contribution in [-0.2, 0) is 4.79 Å². The van der Waals surface area contributed by atoms with Crippen LogP contribution in [0.3, 0.4) is 0 Å². The SMILES string of the molecule is O=C(NCC(=O)N1CCCC1B(O)O)c1ccc2cc(I)ccc2c1.